The maximum atomic E-state index is 4.36. The Kier molecular flexibility index (Phi) is 5.69. The van der Waals surface area contributed by atoms with Gasteiger partial charge in [-0.1, -0.05) is 27.7 Å². The Hall–Kier alpha value is -0.830. The molecule has 1 rings (SSSR count). The van der Waals surface area contributed by atoms with Crippen molar-refractivity contribution < 1.29 is 0 Å². The molecule has 0 amide bonds. The average Bonchev–Trinajstić information content (AvgIpc) is 2.80. The highest BCUT2D eigenvalue weighted by molar-refractivity contribution is 5.01. The smallest absolute Gasteiger partial charge is 0.0522 e. The van der Waals surface area contributed by atoms with Gasteiger partial charge in [0, 0.05) is 24.8 Å². The molecule has 0 aliphatic heterocycles. The molecule has 0 unspecified atom stereocenters. The van der Waals surface area contributed by atoms with E-state index in [0.717, 1.165) is 19.5 Å². The Morgan fingerprint density at radius 3 is 2.35 bits per heavy atom. The van der Waals surface area contributed by atoms with Gasteiger partial charge in [0.15, 0.2) is 0 Å². The first-order chi connectivity index (χ1) is 8.21. The van der Waals surface area contributed by atoms with Crippen molar-refractivity contribution in [3.63, 3.8) is 0 Å². The molecule has 0 aromatic carbocycles. The van der Waals surface area contributed by atoms with Gasteiger partial charge in [0.1, 0.15) is 0 Å². The van der Waals surface area contributed by atoms with E-state index in [1.54, 1.807) is 0 Å². The summed E-state index contributed by atoms with van der Waals surface area (Å²) < 4.78 is 2.11. The summed E-state index contributed by atoms with van der Waals surface area (Å²) in [6, 6.07) is 2.12. The summed E-state index contributed by atoms with van der Waals surface area (Å²) in [5.41, 5.74) is 1.59. The summed E-state index contributed by atoms with van der Waals surface area (Å²) >= 11 is 0. The third kappa shape index (κ3) is 3.56. The van der Waals surface area contributed by atoms with Gasteiger partial charge in [0.25, 0.3) is 0 Å². The van der Waals surface area contributed by atoms with Crippen molar-refractivity contribution in [3.8, 4) is 0 Å². The van der Waals surface area contributed by atoms with Crippen molar-refractivity contribution in [2.45, 2.75) is 72.0 Å². The Labute approximate surface area is 106 Å². The molecular formula is C14H27N3. The number of aromatic nitrogens is 2. The summed E-state index contributed by atoms with van der Waals surface area (Å²) in [5, 5.41) is 8.08. The molecule has 1 heterocycles. The molecular weight excluding hydrogens is 210 g/mol. The predicted octanol–water partition coefficient (Wildman–Crippen LogP) is 3.35. The molecule has 0 saturated carbocycles. The molecule has 1 N–H and O–H groups in total. The van der Waals surface area contributed by atoms with Crippen LogP contribution in [0.25, 0.3) is 0 Å². The number of hydrogen-bond acceptors (Lipinski definition) is 2. The third-order valence-electron chi connectivity index (χ3n) is 3.91. The molecule has 1 aromatic rings. The molecule has 0 atom stereocenters. The van der Waals surface area contributed by atoms with E-state index in [4.69, 9.17) is 0 Å². The summed E-state index contributed by atoms with van der Waals surface area (Å²) in [5.74, 6) is 0. The maximum Gasteiger partial charge on any atom is 0.0522 e. The van der Waals surface area contributed by atoms with Gasteiger partial charge in [-0.05, 0) is 31.7 Å². The Balaban J connectivity index is 2.62. The molecule has 0 aliphatic carbocycles. The quantitative estimate of drug-likeness (QED) is 0.751. The fourth-order valence-electron chi connectivity index (χ4n) is 2.33. The Bertz CT molecular complexity index is 305. The van der Waals surface area contributed by atoms with E-state index < -0.39 is 0 Å². The third-order valence-corrected chi connectivity index (χ3v) is 3.91. The highest BCUT2D eigenvalue weighted by Gasteiger charge is 2.22. The summed E-state index contributed by atoms with van der Waals surface area (Å²) in [6.45, 7) is 10.9. The van der Waals surface area contributed by atoms with Crippen LogP contribution >= 0.6 is 0 Å². The number of nitrogens with one attached hydrogen (secondary N) is 1. The van der Waals surface area contributed by atoms with Crippen LogP contribution < -0.4 is 5.32 Å². The maximum absolute atomic E-state index is 4.36. The molecule has 17 heavy (non-hydrogen) atoms. The second kappa shape index (κ2) is 6.80. The van der Waals surface area contributed by atoms with Gasteiger partial charge in [-0.15, -0.1) is 0 Å². The van der Waals surface area contributed by atoms with Crippen molar-refractivity contribution in [1.82, 2.24) is 15.1 Å². The zero-order chi connectivity index (χ0) is 12.7. The minimum Gasteiger partial charge on any atom is -0.306 e. The number of aryl methyl sites for hydroxylation is 1. The topological polar surface area (TPSA) is 29.9 Å². The summed E-state index contributed by atoms with van der Waals surface area (Å²) in [4.78, 5) is 0. The van der Waals surface area contributed by atoms with Crippen LogP contribution in [0.3, 0.4) is 0 Å². The van der Waals surface area contributed by atoms with E-state index in [1.165, 1.54) is 25.0 Å². The Morgan fingerprint density at radius 1 is 1.18 bits per heavy atom. The lowest BCUT2D eigenvalue weighted by atomic mass is 9.90. The summed E-state index contributed by atoms with van der Waals surface area (Å²) in [7, 11) is 0. The second-order valence-electron chi connectivity index (χ2n) is 4.74. The molecule has 98 valence electrons. The van der Waals surface area contributed by atoms with E-state index in [0.29, 0.717) is 5.54 Å². The molecule has 0 radical (unpaired) electrons. The van der Waals surface area contributed by atoms with Crippen LogP contribution in [-0.2, 0) is 13.1 Å². The highest BCUT2D eigenvalue weighted by atomic mass is 15.3. The standard InChI is InChI=1S/C14H27N3/c1-5-11-17-13(9-10-16-17)12-15-14(6-2,7-3)8-4/h9-10,15H,5-8,11-12H2,1-4H3. The SMILES string of the molecule is CCCn1nccc1CNC(CC)(CC)CC. The molecule has 3 heteroatoms. The molecule has 1 aromatic heterocycles. The average molecular weight is 237 g/mol. The first-order valence-electron chi connectivity index (χ1n) is 6.97. The number of rotatable bonds is 8. The van der Waals surface area contributed by atoms with Crippen LogP contribution in [-0.4, -0.2) is 15.3 Å². The largest absolute Gasteiger partial charge is 0.306 e. The molecule has 0 fully saturated rings. The van der Waals surface area contributed by atoms with Gasteiger partial charge < -0.3 is 5.32 Å². The van der Waals surface area contributed by atoms with Gasteiger partial charge in [0.2, 0.25) is 0 Å². The predicted molar refractivity (Wildman–Crippen MR) is 73.0 cm³/mol. The normalized spacial score (nSPS) is 12.0. The van der Waals surface area contributed by atoms with Crippen molar-refractivity contribution in [1.29, 1.82) is 0 Å². The molecule has 0 aliphatic rings. The monoisotopic (exact) mass is 237 g/mol. The molecule has 0 bridgehead atoms. The van der Waals surface area contributed by atoms with Crippen LogP contribution in [0.2, 0.25) is 0 Å². The lowest BCUT2D eigenvalue weighted by Crippen LogP contribution is -2.43. The van der Waals surface area contributed by atoms with E-state index in [9.17, 15) is 0 Å². The van der Waals surface area contributed by atoms with Crippen molar-refractivity contribution in [3.05, 3.63) is 18.0 Å². The minimum absolute atomic E-state index is 0.293. The lowest BCUT2D eigenvalue weighted by molar-refractivity contribution is 0.284. The highest BCUT2D eigenvalue weighted by Crippen LogP contribution is 2.19. The molecule has 0 spiro atoms. The molecule has 3 nitrogen and oxygen atoms in total. The van der Waals surface area contributed by atoms with Crippen molar-refractivity contribution in [2.24, 2.45) is 0 Å². The van der Waals surface area contributed by atoms with Crippen molar-refractivity contribution >= 4 is 0 Å². The van der Waals surface area contributed by atoms with E-state index in [2.05, 4.69) is 48.9 Å². The van der Waals surface area contributed by atoms with Gasteiger partial charge >= 0.3 is 0 Å². The number of nitrogens with zero attached hydrogens (tertiary/aromatic N) is 2. The van der Waals surface area contributed by atoms with Crippen LogP contribution in [0.5, 0.6) is 0 Å². The minimum atomic E-state index is 0.293. The summed E-state index contributed by atoms with van der Waals surface area (Å²) in [6.07, 6.45) is 6.58. The first-order valence-corrected chi connectivity index (χ1v) is 6.97. The second-order valence-corrected chi connectivity index (χ2v) is 4.74. The zero-order valence-electron chi connectivity index (χ0n) is 11.8. The van der Waals surface area contributed by atoms with Crippen LogP contribution in [0.1, 0.15) is 59.1 Å². The van der Waals surface area contributed by atoms with Crippen LogP contribution in [0.4, 0.5) is 0 Å². The zero-order valence-corrected chi connectivity index (χ0v) is 11.8. The van der Waals surface area contributed by atoms with Crippen molar-refractivity contribution in [2.75, 3.05) is 0 Å². The van der Waals surface area contributed by atoms with E-state index in [-0.39, 0.29) is 0 Å². The fourth-order valence-corrected chi connectivity index (χ4v) is 2.33. The van der Waals surface area contributed by atoms with E-state index in [1.807, 2.05) is 6.20 Å². The molecule has 0 saturated heterocycles. The van der Waals surface area contributed by atoms with Gasteiger partial charge in [-0.25, -0.2) is 0 Å². The Morgan fingerprint density at radius 2 is 1.82 bits per heavy atom. The van der Waals surface area contributed by atoms with Gasteiger partial charge in [-0.3, -0.25) is 4.68 Å². The lowest BCUT2D eigenvalue weighted by Gasteiger charge is -2.32. The first kappa shape index (κ1) is 14.2. The van der Waals surface area contributed by atoms with Gasteiger partial charge in [-0.2, -0.15) is 5.10 Å². The van der Waals surface area contributed by atoms with Crippen LogP contribution in [0.15, 0.2) is 12.3 Å². The van der Waals surface area contributed by atoms with Gasteiger partial charge in [0.05, 0.1) is 5.69 Å². The number of hydrogen-bond donors (Lipinski definition) is 1. The van der Waals surface area contributed by atoms with E-state index >= 15 is 0 Å². The fraction of sp³-hybridized carbons (Fsp3) is 0.786. The van der Waals surface area contributed by atoms with Crippen LogP contribution in [0, 0.1) is 0 Å².